The van der Waals surface area contributed by atoms with E-state index in [1.807, 2.05) is 6.07 Å². The molecule has 138 valence electrons. The summed E-state index contributed by atoms with van der Waals surface area (Å²) in [5.41, 5.74) is 1.93. The van der Waals surface area contributed by atoms with Crippen molar-refractivity contribution in [3.63, 3.8) is 0 Å². The van der Waals surface area contributed by atoms with Crippen LogP contribution in [-0.2, 0) is 14.3 Å². The average Bonchev–Trinajstić information content (AvgIpc) is 2.65. The minimum absolute atomic E-state index is 0.139. The molecular weight excluding hydrogens is 356 g/mol. The van der Waals surface area contributed by atoms with E-state index in [0.717, 1.165) is 5.56 Å². The van der Waals surface area contributed by atoms with Crippen LogP contribution in [0.25, 0.3) is 0 Å². The smallest absolute Gasteiger partial charge is 0.308 e. The number of carbonyl (C=O) groups excluding carboxylic acids is 2. The fourth-order valence-electron chi connectivity index (χ4n) is 2.37. The lowest BCUT2D eigenvalue weighted by Gasteiger charge is -2.20. The molecule has 0 fully saturated rings. The summed E-state index contributed by atoms with van der Waals surface area (Å²) in [5.74, 6) is -0.323. The molecule has 1 amide bonds. The zero-order chi connectivity index (χ0) is 19.1. The van der Waals surface area contributed by atoms with Crippen molar-refractivity contribution in [1.29, 1.82) is 0 Å². The van der Waals surface area contributed by atoms with Gasteiger partial charge in [0.2, 0.25) is 5.91 Å². The second-order valence-corrected chi connectivity index (χ2v) is 5.99. The van der Waals surface area contributed by atoms with Crippen molar-refractivity contribution in [3.8, 4) is 5.75 Å². The zero-order valence-electron chi connectivity index (χ0n) is 14.8. The first kappa shape index (κ1) is 19.6. The van der Waals surface area contributed by atoms with Gasteiger partial charge < -0.3 is 20.1 Å². The Balaban J connectivity index is 2.24. The van der Waals surface area contributed by atoms with Crippen molar-refractivity contribution in [1.82, 2.24) is 0 Å². The number of para-hydroxylation sites is 2. The molecule has 2 aromatic rings. The van der Waals surface area contributed by atoms with E-state index in [4.69, 9.17) is 21.1 Å². The molecule has 6 nitrogen and oxygen atoms in total. The molecule has 0 radical (unpaired) electrons. The predicted molar refractivity (Wildman–Crippen MR) is 102 cm³/mol. The Kier molecular flexibility index (Phi) is 6.86. The van der Waals surface area contributed by atoms with Gasteiger partial charge in [0.25, 0.3) is 0 Å². The maximum atomic E-state index is 12.8. The van der Waals surface area contributed by atoms with E-state index in [1.165, 1.54) is 14.2 Å². The standard InChI is InChI=1S/C19H21ClN2O4/c1-12-13(20)7-6-9-14(12)22-19(24)16(11-18(23)26-3)21-15-8-4-5-10-17(15)25-2/h4-10,16,21H,11H2,1-3H3,(H,22,24). The van der Waals surface area contributed by atoms with Gasteiger partial charge in [0.1, 0.15) is 11.8 Å². The summed E-state index contributed by atoms with van der Waals surface area (Å²) in [6.07, 6.45) is -0.139. The Hall–Kier alpha value is -2.73. The summed E-state index contributed by atoms with van der Waals surface area (Å²) < 4.78 is 9.99. The molecule has 2 rings (SSSR count). The van der Waals surface area contributed by atoms with Gasteiger partial charge in [0, 0.05) is 10.7 Å². The van der Waals surface area contributed by atoms with E-state index in [9.17, 15) is 9.59 Å². The Labute approximate surface area is 157 Å². The number of rotatable bonds is 7. The van der Waals surface area contributed by atoms with Crippen molar-refractivity contribution in [2.75, 3.05) is 24.9 Å². The molecule has 7 heteroatoms. The quantitative estimate of drug-likeness (QED) is 0.721. The van der Waals surface area contributed by atoms with E-state index >= 15 is 0 Å². The molecule has 0 saturated carbocycles. The van der Waals surface area contributed by atoms with Gasteiger partial charge in [-0.3, -0.25) is 9.59 Å². The van der Waals surface area contributed by atoms with E-state index in [-0.39, 0.29) is 12.3 Å². The Bertz CT molecular complexity index is 795. The average molecular weight is 377 g/mol. The maximum absolute atomic E-state index is 12.8. The Morgan fingerprint density at radius 3 is 2.46 bits per heavy atom. The topological polar surface area (TPSA) is 76.7 Å². The number of methoxy groups -OCH3 is 2. The summed E-state index contributed by atoms with van der Waals surface area (Å²) in [4.78, 5) is 24.5. The molecule has 0 aromatic heterocycles. The van der Waals surface area contributed by atoms with Crippen molar-refractivity contribution < 1.29 is 19.1 Å². The number of hydrogen-bond acceptors (Lipinski definition) is 5. The van der Waals surface area contributed by atoms with E-state index < -0.39 is 12.0 Å². The number of esters is 1. The molecule has 1 atom stereocenters. The van der Waals surface area contributed by atoms with Gasteiger partial charge in [-0.1, -0.05) is 29.8 Å². The highest BCUT2D eigenvalue weighted by molar-refractivity contribution is 6.31. The molecule has 0 aliphatic carbocycles. The van der Waals surface area contributed by atoms with Gasteiger partial charge in [-0.05, 0) is 36.8 Å². The van der Waals surface area contributed by atoms with E-state index in [0.29, 0.717) is 22.1 Å². The Morgan fingerprint density at radius 1 is 1.08 bits per heavy atom. The fourth-order valence-corrected chi connectivity index (χ4v) is 2.55. The molecule has 2 aromatic carbocycles. The molecule has 0 saturated heterocycles. The van der Waals surface area contributed by atoms with Crippen molar-refractivity contribution in [3.05, 3.63) is 53.1 Å². The van der Waals surface area contributed by atoms with E-state index in [1.54, 1.807) is 43.3 Å². The fraction of sp³-hybridized carbons (Fsp3) is 0.263. The van der Waals surface area contributed by atoms with Crippen LogP contribution in [0, 0.1) is 6.92 Å². The summed E-state index contributed by atoms with van der Waals surface area (Å²) in [6, 6.07) is 11.5. The normalized spacial score (nSPS) is 11.4. The largest absolute Gasteiger partial charge is 0.495 e. The molecule has 26 heavy (non-hydrogen) atoms. The molecule has 0 spiro atoms. The van der Waals surface area contributed by atoms with Crippen LogP contribution < -0.4 is 15.4 Å². The SMILES string of the molecule is COC(=O)CC(Nc1ccccc1OC)C(=O)Nc1cccc(Cl)c1C. The predicted octanol–water partition coefficient (Wildman–Crippen LogP) is 3.64. The lowest BCUT2D eigenvalue weighted by Crippen LogP contribution is -2.37. The maximum Gasteiger partial charge on any atom is 0.308 e. The van der Waals surface area contributed by atoms with Gasteiger partial charge in [-0.15, -0.1) is 0 Å². The lowest BCUT2D eigenvalue weighted by atomic mass is 10.1. The molecular formula is C19H21ClN2O4. The highest BCUT2D eigenvalue weighted by Gasteiger charge is 2.24. The molecule has 0 aliphatic heterocycles. The summed E-state index contributed by atoms with van der Waals surface area (Å²) in [5, 5.41) is 6.40. The number of ether oxygens (including phenoxy) is 2. The van der Waals surface area contributed by atoms with Crippen LogP contribution in [0.1, 0.15) is 12.0 Å². The van der Waals surface area contributed by atoms with Crippen LogP contribution in [0.3, 0.4) is 0 Å². The number of hydrogen-bond donors (Lipinski definition) is 2. The van der Waals surface area contributed by atoms with Crippen LogP contribution in [0.4, 0.5) is 11.4 Å². The highest BCUT2D eigenvalue weighted by Crippen LogP contribution is 2.26. The number of carbonyl (C=O) groups is 2. The van der Waals surface area contributed by atoms with E-state index in [2.05, 4.69) is 10.6 Å². The molecule has 0 aliphatic rings. The van der Waals surface area contributed by atoms with Crippen molar-refractivity contribution in [2.24, 2.45) is 0 Å². The second-order valence-electron chi connectivity index (χ2n) is 5.58. The van der Waals surface area contributed by atoms with Crippen LogP contribution in [-0.4, -0.2) is 32.1 Å². The Morgan fingerprint density at radius 2 is 1.77 bits per heavy atom. The minimum Gasteiger partial charge on any atom is -0.495 e. The van der Waals surface area contributed by atoms with Crippen molar-refractivity contribution >= 4 is 34.9 Å². The molecule has 0 heterocycles. The number of halogens is 1. The number of anilines is 2. The van der Waals surface area contributed by atoms with Gasteiger partial charge in [0.05, 0.1) is 26.3 Å². The van der Waals surface area contributed by atoms with Gasteiger partial charge in [0.15, 0.2) is 0 Å². The first-order chi connectivity index (χ1) is 12.5. The van der Waals surface area contributed by atoms with Gasteiger partial charge >= 0.3 is 5.97 Å². The number of nitrogens with one attached hydrogen (secondary N) is 2. The third-order valence-corrected chi connectivity index (χ3v) is 4.29. The zero-order valence-corrected chi connectivity index (χ0v) is 15.6. The minimum atomic E-state index is -0.850. The van der Waals surface area contributed by atoms with Gasteiger partial charge in [-0.25, -0.2) is 0 Å². The van der Waals surface area contributed by atoms with Crippen LogP contribution in [0.15, 0.2) is 42.5 Å². The number of amides is 1. The third kappa shape index (κ3) is 4.89. The first-order valence-electron chi connectivity index (χ1n) is 7.98. The second kappa shape index (κ2) is 9.10. The molecule has 1 unspecified atom stereocenters. The van der Waals surface area contributed by atoms with Crippen LogP contribution >= 0.6 is 11.6 Å². The van der Waals surface area contributed by atoms with Crippen LogP contribution in [0.5, 0.6) is 5.75 Å². The lowest BCUT2D eigenvalue weighted by molar-refractivity contribution is -0.142. The molecule has 0 bridgehead atoms. The first-order valence-corrected chi connectivity index (χ1v) is 8.36. The molecule has 2 N–H and O–H groups in total. The third-order valence-electron chi connectivity index (χ3n) is 3.88. The number of benzene rings is 2. The van der Waals surface area contributed by atoms with Crippen molar-refractivity contribution in [2.45, 2.75) is 19.4 Å². The van der Waals surface area contributed by atoms with Gasteiger partial charge in [-0.2, -0.15) is 0 Å². The monoisotopic (exact) mass is 376 g/mol. The van der Waals surface area contributed by atoms with Crippen LogP contribution in [0.2, 0.25) is 5.02 Å². The summed E-state index contributed by atoms with van der Waals surface area (Å²) in [6.45, 7) is 1.81. The summed E-state index contributed by atoms with van der Waals surface area (Å²) >= 11 is 6.10. The highest BCUT2D eigenvalue weighted by atomic mass is 35.5. The summed E-state index contributed by atoms with van der Waals surface area (Å²) in [7, 11) is 2.81.